The van der Waals surface area contributed by atoms with E-state index in [-0.39, 0.29) is 11.1 Å². The van der Waals surface area contributed by atoms with Crippen LogP contribution in [0.25, 0.3) is 0 Å². The number of benzene rings is 2. The molecule has 0 heterocycles. The fourth-order valence-corrected chi connectivity index (χ4v) is 1.78. The van der Waals surface area contributed by atoms with Gasteiger partial charge in [-0.3, -0.25) is 0 Å². The third-order valence-electron chi connectivity index (χ3n) is 2.72. The van der Waals surface area contributed by atoms with Crippen molar-refractivity contribution >= 4 is 11.9 Å². The molecule has 2 aromatic rings. The van der Waals surface area contributed by atoms with Crippen LogP contribution in [-0.2, 0) is 0 Å². The Hall–Kier alpha value is -2.82. The molecule has 5 heteroatoms. The van der Waals surface area contributed by atoms with Gasteiger partial charge in [0, 0.05) is 0 Å². The second-order valence-electron chi connectivity index (χ2n) is 4.14. The first kappa shape index (κ1) is 14.6. The molecule has 0 radical (unpaired) electrons. The van der Waals surface area contributed by atoms with E-state index in [4.69, 9.17) is 14.6 Å². The van der Waals surface area contributed by atoms with Gasteiger partial charge in [-0.1, -0.05) is 12.1 Å². The zero-order valence-corrected chi connectivity index (χ0v) is 11.4. The molecule has 5 nitrogen and oxygen atoms in total. The lowest BCUT2D eigenvalue weighted by Gasteiger charge is -2.08. The average Bonchev–Trinajstić information content (AvgIpc) is 2.49. The van der Waals surface area contributed by atoms with Crippen LogP contribution in [-0.4, -0.2) is 23.7 Å². The first-order chi connectivity index (χ1) is 10.1. The van der Waals surface area contributed by atoms with E-state index >= 15 is 0 Å². The topological polar surface area (TPSA) is 72.8 Å². The number of carbonyl (C=O) groups excluding carboxylic acids is 1. The maximum Gasteiger partial charge on any atom is 0.344 e. The molecular weight excluding hydrogens is 272 g/mol. The largest absolute Gasteiger partial charge is 0.494 e. The molecule has 0 saturated heterocycles. The quantitative estimate of drug-likeness (QED) is 0.675. The van der Waals surface area contributed by atoms with E-state index in [1.54, 1.807) is 36.4 Å². The molecule has 0 amide bonds. The fourth-order valence-electron chi connectivity index (χ4n) is 1.78. The van der Waals surface area contributed by atoms with Gasteiger partial charge in [-0.2, -0.15) is 0 Å². The molecule has 2 rings (SSSR count). The van der Waals surface area contributed by atoms with Crippen molar-refractivity contribution < 1.29 is 24.2 Å². The Morgan fingerprint density at radius 2 is 1.52 bits per heavy atom. The second-order valence-corrected chi connectivity index (χ2v) is 4.14. The lowest BCUT2D eigenvalue weighted by molar-refractivity contribution is 0.0668. The highest BCUT2D eigenvalue weighted by molar-refractivity contribution is 6.03. The maximum atomic E-state index is 12.0. The fraction of sp³-hybridized carbons (Fsp3) is 0.125. The minimum atomic E-state index is -1.17. The molecule has 2 aromatic carbocycles. The molecule has 0 spiro atoms. The van der Waals surface area contributed by atoms with Crippen LogP contribution in [0.2, 0.25) is 0 Å². The van der Waals surface area contributed by atoms with Gasteiger partial charge in [-0.05, 0) is 43.3 Å². The smallest absolute Gasteiger partial charge is 0.344 e. The van der Waals surface area contributed by atoms with Crippen LogP contribution in [0, 0.1) is 0 Å². The molecule has 21 heavy (non-hydrogen) atoms. The highest BCUT2D eigenvalue weighted by Crippen LogP contribution is 2.19. The van der Waals surface area contributed by atoms with Crippen molar-refractivity contribution in [1.29, 1.82) is 0 Å². The summed E-state index contributed by atoms with van der Waals surface area (Å²) in [5.41, 5.74) is -0.0766. The molecule has 0 aliphatic carbocycles. The Morgan fingerprint density at radius 3 is 2.10 bits per heavy atom. The predicted molar refractivity (Wildman–Crippen MR) is 76.0 cm³/mol. The molecule has 0 bridgehead atoms. The molecule has 0 atom stereocenters. The van der Waals surface area contributed by atoms with Crippen molar-refractivity contribution in [2.75, 3.05) is 6.61 Å². The number of hydrogen-bond acceptors (Lipinski definition) is 4. The first-order valence-electron chi connectivity index (χ1n) is 6.39. The molecule has 0 aliphatic rings. The van der Waals surface area contributed by atoms with Crippen LogP contribution in [0.15, 0.2) is 48.5 Å². The molecule has 0 aromatic heterocycles. The summed E-state index contributed by atoms with van der Waals surface area (Å²) in [7, 11) is 0. The lowest BCUT2D eigenvalue weighted by atomic mass is 10.1. The van der Waals surface area contributed by atoms with E-state index < -0.39 is 11.9 Å². The van der Waals surface area contributed by atoms with Gasteiger partial charge in [0.1, 0.15) is 11.5 Å². The molecule has 108 valence electrons. The highest BCUT2D eigenvalue weighted by Gasteiger charge is 2.17. The Bertz CT molecular complexity index is 646. The van der Waals surface area contributed by atoms with E-state index in [9.17, 15) is 9.59 Å². The number of esters is 1. The van der Waals surface area contributed by atoms with Gasteiger partial charge in [-0.25, -0.2) is 9.59 Å². The van der Waals surface area contributed by atoms with E-state index in [1.807, 2.05) is 6.92 Å². The number of aromatic carboxylic acids is 1. The van der Waals surface area contributed by atoms with Crippen molar-refractivity contribution in [3.05, 3.63) is 59.7 Å². The molecule has 0 saturated carbocycles. The summed E-state index contributed by atoms with van der Waals surface area (Å²) in [5.74, 6) is -0.890. The zero-order chi connectivity index (χ0) is 15.2. The van der Waals surface area contributed by atoms with E-state index in [0.29, 0.717) is 18.1 Å². The molecule has 0 aliphatic heterocycles. The standard InChI is InChI=1S/C16H14O5/c1-2-20-11-7-9-12(10-8-11)21-16(19)14-6-4-3-5-13(14)15(17)18/h3-10H,2H2,1H3,(H,17,18). The first-order valence-corrected chi connectivity index (χ1v) is 6.39. The normalized spacial score (nSPS) is 9.95. The van der Waals surface area contributed by atoms with Crippen molar-refractivity contribution in [1.82, 2.24) is 0 Å². The van der Waals surface area contributed by atoms with Crippen molar-refractivity contribution in [2.45, 2.75) is 6.92 Å². The Morgan fingerprint density at radius 1 is 0.952 bits per heavy atom. The molecule has 0 fully saturated rings. The Kier molecular flexibility index (Phi) is 4.56. The summed E-state index contributed by atoms with van der Waals surface area (Å²) in [4.78, 5) is 23.1. The van der Waals surface area contributed by atoms with Crippen LogP contribution in [0.1, 0.15) is 27.6 Å². The Labute approximate surface area is 121 Å². The van der Waals surface area contributed by atoms with Gasteiger partial charge in [0.05, 0.1) is 17.7 Å². The molecular formula is C16H14O5. The third-order valence-corrected chi connectivity index (χ3v) is 2.72. The van der Waals surface area contributed by atoms with Gasteiger partial charge < -0.3 is 14.6 Å². The number of rotatable bonds is 5. The van der Waals surface area contributed by atoms with Crippen LogP contribution in [0.4, 0.5) is 0 Å². The van der Waals surface area contributed by atoms with Gasteiger partial charge in [-0.15, -0.1) is 0 Å². The van der Waals surface area contributed by atoms with E-state index in [2.05, 4.69) is 0 Å². The number of ether oxygens (including phenoxy) is 2. The van der Waals surface area contributed by atoms with Gasteiger partial charge in [0.25, 0.3) is 0 Å². The maximum absolute atomic E-state index is 12.0. The highest BCUT2D eigenvalue weighted by atomic mass is 16.5. The number of carboxylic acids is 1. The van der Waals surface area contributed by atoms with Crippen molar-refractivity contribution in [3.8, 4) is 11.5 Å². The summed E-state index contributed by atoms with van der Waals surface area (Å²) >= 11 is 0. The SMILES string of the molecule is CCOc1ccc(OC(=O)c2ccccc2C(=O)O)cc1. The summed E-state index contributed by atoms with van der Waals surface area (Å²) in [5, 5.41) is 9.05. The van der Waals surface area contributed by atoms with Crippen LogP contribution in [0.5, 0.6) is 11.5 Å². The number of carboxylic acid groups (broad SMARTS) is 1. The van der Waals surface area contributed by atoms with Gasteiger partial charge in [0.15, 0.2) is 0 Å². The van der Waals surface area contributed by atoms with Crippen LogP contribution in [0.3, 0.4) is 0 Å². The lowest BCUT2D eigenvalue weighted by Crippen LogP contribution is -2.13. The summed E-state index contributed by atoms with van der Waals surface area (Å²) in [6, 6.07) is 12.4. The summed E-state index contributed by atoms with van der Waals surface area (Å²) in [6.45, 7) is 2.42. The Balaban J connectivity index is 2.16. The second kappa shape index (κ2) is 6.56. The summed E-state index contributed by atoms with van der Waals surface area (Å²) in [6.07, 6.45) is 0. The number of carbonyl (C=O) groups is 2. The number of hydrogen-bond donors (Lipinski definition) is 1. The minimum absolute atomic E-state index is 0.0129. The van der Waals surface area contributed by atoms with Crippen LogP contribution < -0.4 is 9.47 Å². The van der Waals surface area contributed by atoms with Crippen molar-refractivity contribution in [2.24, 2.45) is 0 Å². The van der Waals surface area contributed by atoms with Crippen molar-refractivity contribution in [3.63, 3.8) is 0 Å². The van der Waals surface area contributed by atoms with Gasteiger partial charge in [0.2, 0.25) is 0 Å². The molecule has 1 N–H and O–H groups in total. The van der Waals surface area contributed by atoms with Gasteiger partial charge >= 0.3 is 11.9 Å². The average molecular weight is 286 g/mol. The van der Waals surface area contributed by atoms with E-state index in [1.165, 1.54) is 12.1 Å². The monoisotopic (exact) mass is 286 g/mol. The predicted octanol–water partition coefficient (Wildman–Crippen LogP) is 3.00. The third kappa shape index (κ3) is 3.60. The summed E-state index contributed by atoms with van der Waals surface area (Å²) < 4.78 is 10.4. The van der Waals surface area contributed by atoms with Crippen LogP contribution >= 0.6 is 0 Å². The minimum Gasteiger partial charge on any atom is -0.494 e. The van der Waals surface area contributed by atoms with E-state index in [0.717, 1.165) is 0 Å². The zero-order valence-electron chi connectivity index (χ0n) is 11.4. The molecule has 0 unspecified atom stereocenters.